The Labute approximate surface area is 110 Å². The highest BCUT2D eigenvalue weighted by atomic mass is 16.1. The molecule has 3 heteroatoms. The van der Waals surface area contributed by atoms with Crippen molar-refractivity contribution in [3.05, 3.63) is 35.4 Å². The molecule has 0 bridgehead atoms. The molecule has 1 amide bonds. The predicted octanol–water partition coefficient (Wildman–Crippen LogP) is 2.35. The molecule has 0 spiro atoms. The van der Waals surface area contributed by atoms with Crippen molar-refractivity contribution in [2.45, 2.75) is 33.1 Å². The van der Waals surface area contributed by atoms with Crippen molar-refractivity contribution in [3.8, 4) is 0 Å². The molecule has 0 aromatic heterocycles. The highest BCUT2D eigenvalue weighted by molar-refractivity contribution is 5.95. The zero-order chi connectivity index (χ0) is 13.4. The van der Waals surface area contributed by atoms with E-state index in [4.69, 9.17) is 5.73 Å². The summed E-state index contributed by atoms with van der Waals surface area (Å²) in [6.07, 6.45) is 2.89. The molecule has 0 aliphatic rings. The van der Waals surface area contributed by atoms with Gasteiger partial charge in [-0.2, -0.15) is 0 Å². The van der Waals surface area contributed by atoms with Crippen LogP contribution in [-0.4, -0.2) is 19.0 Å². The van der Waals surface area contributed by atoms with Crippen LogP contribution >= 0.6 is 0 Å². The molecule has 1 rings (SSSR count). The van der Waals surface area contributed by atoms with Crippen molar-refractivity contribution >= 4 is 5.91 Å². The first kappa shape index (κ1) is 14.7. The Morgan fingerprint density at radius 1 is 1.33 bits per heavy atom. The molecule has 0 saturated heterocycles. The quantitative estimate of drug-likeness (QED) is 0.778. The van der Waals surface area contributed by atoms with E-state index in [0.717, 1.165) is 30.4 Å². The lowest BCUT2D eigenvalue weighted by Gasteiger charge is -2.15. The fourth-order valence-electron chi connectivity index (χ4n) is 2.07. The average Bonchev–Trinajstić information content (AvgIpc) is 2.42. The van der Waals surface area contributed by atoms with Crippen molar-refractivity contribution in [1.29, 1.82) is 0 Å². The van der Waals surface area contributed by atoms with Crippen LogP contribution in [0.25, 0.3) is 0 Å². The summed E-state index contributed by atoms with van der Waals surface area (Å²) in [7, 11) is 0. The molecule has 0 aliphatic carbocycles. The van der Waals surface area contributed by atoms with Gasteiger partial charge in [-0.1, -0.05) is 38.5 Å². The molecular weight excluding hydrogens is 224 g/mol. The van der Waals surface area contributed by atoms with Gasteiger partial charge in [-0.3, -0.25) is 4.79 Å². The molecule has 0 heterocycles. The van der Waals surface area contributed by atoms with Crippen LogP contribution in [0.5, 0.6) is 0 Å². The van der Waals surface area contributed by atoms with Crippen LogP contribution in [0.1, 0.15) is 42.6 Å². The minimum atomic E-state index is 0.0305. The number of rotatable bonds is 7. The van der Waals surface area contributed by atoms with Crippen LogP contribution < -0.4 is 11.1 Å². The molecule has 1 atom stereocenters. The number of hydrogen-bond donors (Lipinski definition) is 2. The second kappa shape index (κ2) is 7.88. The number of nitrogens with two attached hydrogens (primary N) is 1. The van der Waals surface area contributed by atoms with E-state index in [1.54, 1.807) is 0 Å². The summed E-state index contributed by atoms with van der Waals surface area (Å²) in [5.74, 6) is 0.510. The monoisotopic (exact) mass is 248 g/mol. The summed E-state index contributed by atoms with van der Waals surface area (Å²) in [5, 5.41) is 3.02. The van der Waals surface area contributed by atoms with Crippen LogP contribution in [0.4, 0.5) is 0 Å². The Morgan fingerprint density at radius 3 is 2.67 bits per heavy atom. The van der Waals surface area contributed by atoms with Crippen molar-refractivity contribution in [1.82, 2.24) is 5.32 Å². The lowest BCUT2D eigenvalue weighted by atomic mass is 10.0. The Balaban J connectivity index is 2.59. The number of amides is 1. The molecule has 3 nitrogen and oxygen atoms in total. The van der Waals surface area contributed by atoms with E-state index < -0.39 is 0 Å². The molecule has 0 saturated carbocycles. The van der Waals surface area contributed by atoms with E-state index in [0.29, 0.717) is 19.0 Å². The molecule has 0 aliphatic heterocycles. The van der Waals surface area contributed by atoms with Crippen molar-refractivity contribution in [3.63, 3.8) is 0 Å². The number of benzene rings is 1. The fourth-order valence-corrected chi connectivity index (χ4v) is 2.07. The minimum absolute atomic E-state index is 0.0305. The van der Waals surface area contributed by atoms with Crippen LogP contribution in [0.3, 0.4) is 0 Å². The zero-order valence-corrected chi connectivity index (χ0v) is 11.4. The third-order valence-corrected chi connectivity index (χ3v) is 3.35. The van der Waals surface area contributed by atoms with Crippen LogP contribution in [0, 0.1) is 5.92 Å². The summed E-state index contributed by atoms with van der Waals surface area (Å²) in [4.78, 5) is 12.1. The van der Waals surface area contributed by atoms with Gasteiger partial charge < -0.3 is 11.1 Å². The standard InChI is InChI=1S/C15H24N2O/c1-3-12(9-10-16)11-17-15(18)14-8-6-5-7-13(14)4-2/h5-8,12H,3-4,9-11,16H2,1-2H3,(H,17,18). The van der Waals surface area contributed by atoms with Gasteiger partial charge in [0.1, 0.15) is 0 Å². The summed E-state index contributed by atoms with van der Waals surface area (Å²) >= 11 is 0. The van der Waals surface area contributed by atoms with E-state index in [1.165, 1.54) is 0 Å². The molecule has 1 aromatic rings. The minimum Gasteiger partial charge on any atom is -0.352 e. The summed E-state index contributed by atoms with van der Waals surface area (Å²) in [6.45, 7) is 5.59. The van der Waals surface area contributed by atoms with Gasteiger partial charge in [0.25, 0.3) is 5.91 Å². The van der Waals surface area contributed by atoms with Gasteiger partial charge in [0.2, 0.25) is 0 Å². The van der Waals surface area contributed by atoms with Crippen molar-refractivity contribution < 1.29 is 4.79 Å². The largest absolute Gasteiger partial charge is 0.352 e. The molecule has 1 aromatic carbocycles. The molecular formula is C15H24N2O. The third kappa shape index (κ3) is 4.15. The van der Waals surface area contributed by atoms with E-state index in [2.05, 4.69) is 19.2 Å². The number of carbonyl (C=O) groups is 1. The van der Waals surface area contributed by atoms with E-state index in [1.807, 2.05) is 24.3 Å². The van der Waals surface area contributed by atoms with Crippen LogP contribution in [0.2, 0.25) is 0 Å². The van der Waals surface area contributed by atoms with Gasteiger partial charge in [-0.15, -0.1) is 0 Å². The van der Waals surface area contributed by atoms with Crippen molar-refractivity contribution in [2.24, 2.45) is 11.7 Å². The van der Waals surface area contributed by atoms with Gasteiger partial charge in [0.15, 0.2) is 0 Å². The average molecular weight is 248 g/mol. The Hall–Kier alpha value is -1.35. The van der Waals surface area contributed by atoms with E-state index >= 15 is 0 Å². The highest BCUT2D eigenvalue weighted by Crippen LogP contribution is 2.10. The maximum atomic E-state index is 12.1. The van der Waals surface area contributed by atoms with E-state index in [9.17, 15) is 4.79 Å². The maximum absolute atomic E-state index is 12.1. The highest BCUT2D eigenvalue weighted by Gasteiger charge is 2.11. The smallest absolute Gasteiger partial charge is 0.251 e. The van der Waals surface area contributed by atoms with E-state index in [-0.39, 0.29) is 5.91 Å². The lowest BCUT2D eigenvalue weighted by molar-refractivity contribution is 0.0945. The summed E-state index contributed by atoms with van der Waals surface area (Å²) in [5.41, 5.74) is 7.45. The molecule has 0 fully saturated rings. The number of nitrogens with one attached hydrogen (secondary N) is 1. The van der Waals surface area contributed by atoms with Gasteiger partial charge >= 0.3 is 0 Å². The maximum Gasteiger partial charge on any atom is 0.251 e. The Bertz CT molecular complexity index is 377. The third-order valence-electron chi connectivity index (χ3n) is 3.35. The molecule has 1 unspecified atom stereocenters. The SMILES string of the molecule is CCc1ccccc1C(=O)NCC(CC)CCN. The molecule has 0 radical (unpaired) electrons. The van der Waals surface area contributed by atoms with Crippen LogP contribution in [0.15, 0.2) is 24.3 Å². The summed E-state index contributed by atoms with van der Waals surface area (Å²) < 4.78 is 0. The Kier molecular flexibility index (Phi) is 6.44. The molecule has 18 heavy (non-hydrogen) atoms. The zero-order valence-electron chi connectivity index (χ0n) is 11.4. The normalized spacial score (nSPS) is 12.2. The van der Waals surface area contributed by atoms with Gasteiger partial charge in [0, 0.05) is 12.1 Å². The number of carbonyl (C=O) groups excluding carboxylic acids is 1. The first-order chi connectivity index (χ1) is 8.72. The second-order valence-corrected chi connectivity index (χ2v) is 4.57. The lowest BCUT2D eigenvalue weighted by Crippen LogP contribution is -2.30. The molecule has 100 valence electrons. The first-order valence-corrected chi connectivity index (χ1v) is 6.79. The predicted molar refractivity (Wildman–Crippen MR) is 75.6 cm³/mol. The van der Waals surface area contributed by atoms with Crippen molar-refractivity contribution in [2.75, 3.05) is 13.1 Å². The van der Waals surface area contributed by atoms with Gasteiger partial charge in [0.05, 0.1) is 0 Å². The van der Waals surface area contributed by atoms with Crippen LogP contribution in [-0.2, 0) is 6.42 Å². The number of hydrogen-bond acceptors (Lipinski definition) is 2. The Morgan fingerprint density at radius 2 is 2.06 bits per heavy atom. The topological polar surface area (TPSA) is 55.1 Å². The fraction of sp³-hybridized carbons (Fsp3) is 0.533. The second-order valence-electron chi connectivity index (χ2n) is 4.57. The summed E-state index contributed by atoms with van der Waals surface area (Å²) in [6, 6.07) is 7.77. The first-order valence-electron chi connectivity index (χ1n) is 6.79. The molecule has 3 N–H and O–H groups in total. The number of aryl methyl sites for hydroxylation is 1. The van der Waals surface area contributed by atoms with Gasteiger partial charge in [-0.05, 0) is 36.9 Å². The van der Waals surface area contributed by atoms with Gasteiger partial charge in [-0.25, -0.2) is 0 Å².